The summed E-state index contributed by atoms with van der Waals surface area (Å²) < 4.78 is 0. The first kappa shape index (κ1) is 11.6. The first-order valence-electron chi connectivity index (χ1n) is 6.01. The largest absolute Gasteiger partial charge is 0.396 e. The van der Waals surface area contributed by atoms with Gasteiger partial charge in [-0.25, -0.2) is 0 Å². The van der Waals surface area contributed by atoms with E-state index < -0.39 is 0 Å². The molecule has 1 aliphatic heterocycles. The number of hydrogen-bond acceptors (Lipinski definition) is 2. The predicted octanol–water partition coefficient (Wildman–Crippen LogP) is 3.55. The van der Waals surface area contributed by atoms with Gasteiger partial charge >= 0.3 is 0 Å². The van der Waals surface area contributed by atoms with Crippen LogP contribution in [0.4, 0.5) is 11.4 Å². The van der Waals surface area contributed by atoms with Crippen molar-refractivity contribution in [3.05, 3.63) is 23.2 Å². The molecule has 1 aromatic carbocycles. The van der Waals surface area contributed by atoms with E-state index in [4.69, 9.17) is 17.3 Å². The number of halogens is 1. The lowest BCUT2D eigenvalue weighted by Gasteiger charge is -2.34. The van der Waals surface area contributed by atoms with Gasteiger partial charge in [-0.2, -0.15) is 0 Å². The molecule has 0 amide bonds. The van der Waals surface area contributed by atoms with Gasteiger partial charge in [0.05, 0.1) is 16.4 Å². The molecule has 3 heteroatoms. The maximum Gasteiger partial charge on any atom is 0.0741 e. The molecule has 0 atom stereocenters. The minimum atomic E-state index is 0.662. The third-order valence-electron chi connectivity index (χ3n) is 3.56. The second kappa shape index (κ2) is 4.96. The van der Waals surface area contributed by atoms with Crippen LogP contribution in [0.3, 0.4) is 0 Å². The Hall–Kier alpha value is -0.890. The van der Waals surface area contributed by atoms with Gasteiger partial charge in [0.1, 0.15) is 0 Å². The Morgan fingerprint density at radius 2 is 2.06 bits per heavy atom. The van der Waals surface area contributed by atoms with E-state index in [9.17, 15) is 0 Å². The third-order valence-corrected chi connectivity index (χ3v) is 3.89. The summed E-state index contributed by atoms with van der Waals surface area (Å²) in [7, 11) is 0. The summed E-state index contributed by atoms with van der Waals surface area (Å²) in [4.78, 5) is 2.35. The fourth-order valence-corrected chi connectivity index (χ4v) is 2.55. The number of benzene rings is 1. The van der Waals surface area contributed by atoms with E-state index >= 15 is 0 Å². The molecular weight excluding hydrogens is 220 g/mol. The van der Waals surface area contributed by atoms with E-state index in [0.717, 1.165) is 30.4 Å². The van der Waals surface area contributed by atoms with Crippen molar-refractivity contribution in [1.82, 2.24) is 0 Å². The molecule has 2 rings (SSSR count). The van der Waals surface area contributed by atoms with Gasteiger partial charge in [0.15, 0.2) is 0 Å². The topological polar surface area (TPSA) is 29.3 Å². The summed E-state index contributed by atoms with van der Waals surface area (Å²) in [5.74, 6) is 0.886. The van der Waals surface area contributed by atoms with Gasteiger partial charge in [-0.05, 0) is 30.9 Å². The van der Waals surface area contributed by atoms with Gasteiger partial charge in [-0.1, -0.05) is 31.0 Å². The average Bonchev–Trinajstić information content (AvgIpc) is 2.33. The van der Waals surface area contributed by atoms with Crippen molar-refractivity contribution in [3.63, 3.8) is 0 Å². The number of nitrogen functional groups attached to an aromatic ring is 1. The van der Waals surface area contributed by atoms with Crippen LogP contribution in [0.25, 0.3) is 0 Å². The number of para-hydroxylation sites is 1. The van der Waals surface area contributed by atoms with Crippen molar-refractivity contribution >= 4 is 23.0 Å². The molecular formula is C13H19ClN2. The van der Waals surface area contributed by atoms with E-state index in [0.29, 0.717) is 5.02 Å². The Kier molecular flexibility index (Phi) is 3.59. The van der Waals surface area contributed by atoms with Crippen molar-refractivity contribution < 1.29 is 0 Å². The van der Waals surface area contributed by atoms with Crippen LogP contribution in [0.2, 0.25) is 5.02 Å². The molecule has 88 valence electrons. The lowest BCUT2D eigenvalue weighted by Crippen LogP contribution is -2.33. The summed E-state index contributed by atoms with van der Waals surface area (Å²) in [5, 5.41) is 0.662. The fraction of sp³-hybridized carbons (Fsp3) is 0.538. The molecule has 2 nitrogen and oxygen atoms in total. The lowest BCUT2D eigenvalue weighted by atomic mass is 9.94. The van der Waals surface area contributed by atoms with E-state index in [1.807, 2.05) is 12.1 Å². The lowest BCUT2D eigenvalue weighted by molar-refractivity contribution is 0.395. The number of hydrogen-bond donors (Lipinski definition) is 1. The molecule has 1 aliphatic rings. The predicted molar refractivity (Wildman–Crippen MR) is 71.1 cm³/mol. The molecule has 0 spiro atoms. The average molecular weight is 239 g/mol. The summed E-state index contributed by atoms with van der Waals surface area (Å²) >= 11 is 6.04. The molecule has 0 bridgehead atoms. The molecule has 0 unspecified atom stereocenters. The number of rotatable bonds is 2. The molecule has 0 aromatic heterocycles. The van der Waals surface area contributed by atoms with Crippen LogP contribution in [0.15, 0.2) is 18.2 Å². The van der Waals surface area contributed by atoms with Crippen LogP contribution in [0, 0.1) is 5.92 Å². The second-order valence-electron chi connectivity index (χ2n) is 4.51. The Morgan fingerprint density at radius 1 is 1.38 bits per heavy atom. The Bertz CT molecular complexity index is 357. The highest BCUT2D eigenvalue weighted by molar-refractivity contribution is 6.33. The highest BCUT2D eigenvalue weighted by Gasteiger charge is 2.19. The Labute approximate surface area is 102 Å². The molecule has 1 aromatic rings. The molecule has 1 fully saturated rings. The van der Waals surface area contributed by atoms with Crippen LogP contribution < -0.4 is 10.6 Å². The number of nitrogens with zero attached hydrogens (tertiary/aromatic N) is 1. The minimum Gasteiger partial charge on any atom is -0.396 e. The smallest absolute Gasteiger partial charge is 0.0741 e. The zero-order chi connectivity index (χ0) is 11.5. The first-order chi connectivity index (χ1) is 7.72. The Balaban J connectivity index is 2.11. The van der Waals surface area contributed by atoms with Crippen molar-refractivity contribution in [1.29, 1.82) is 0 Å². The van der Waals surface area contributed by atoms with Crippen LogP contribution in [-0.4, -0.2) is 13.1 Å². The normalized spacial score (nSPS) is 17.8. The van der Waals surface area contributed by atoms with Crippen LogP contribution >= 0.6 is 11.6 Å². The molecule has 0 aliphatic carbocycles. The quantitative estimate of drug-likeness (QED) is 0.799. The minimum absolute atomic E-state index is 0.662. The summed E-state index contributed by atoms with van der Waals surface area (Å²) in [6.45, 7) is 4.47. The third kappa shape index (κ3) is 2.27. The summed E-state index contributed by atoms with van der Waals surface area (Å²) in [6, 6.07) is 5.88. The molecule has 2 N–H and O–H groups in total. The number of piperidine rings is 1. The number of nitrogens with two attached hydrogens (primary N) is 1. The molecule has 1 heterocycles. The van der Waals surface area contributed by atoms with E-state index in [-0.39, 0.29) is 0 Å². The van der Waals surface area contributed by atoms with Gasteiger partial charge in [-0.3, -0.25) is 0 Å². The van der Waals surface area contributed by atoms with E-state index in [1.165, 1.54) is 19.3 Å². The molecule has 16 heavy (non-hydrogen) atoms. The molecule has 1 saturated heterocycles. The van der Waals surface area contributed by atoms with Gasteiger partial charge in [0.2, 0.25) is 0 Å². The SMILES string of the molecule is CCC1CCN(c2cccc(Cl)c2N)CC1. The van der Waals surface area contributed by atoms with E-state index in [2.05, 4.69) is 17.9 Å². The van der Waals surface area contributed by atoms with Gasteiger partial charge in [0.25, 0.3) is 0 Å². The number of anilines is 2. The van der Waals surface area contributed by atoms with E-state index in [1.54, 1.807) is 0 Å². The van der Waals surface area contributed by atoms with Crippen LogP contribution in [0.1, 0.15) is 26.2 Å². The van der Waals surface area contributed by atoms with Crippen LogP contribution in [0.5, 0.6) is 0 Å². The molecule has 0 saturated carbocycles. The van der Waals surface area contributed by atoms with Crippen LogP contribution in [-0.2, 0) is 0 Å². The zero-order valence-electron chi connectivity index (χ0n) is 9.75. The second-order valence-corrected chi connectivity index (χ2v) is 4.92. The first-order valence-corrected chi connectivity index (χ1v) is 6.39. The standard InChI is InChI=1S/C13H19ClN2/c1-2-10-6-8-16(9-7-10)12-5-3-4-11(14)13(12)15/h3-5,10H,2,6-9,15H2,1H3. The fourth-order valence-electron chi connectivity index (χ4n) is 2.38. The maximum atomic E-state index is 6.04. The van der Waals surface area contributed by atoms with Gasteiger partial charge in [-0.15, -0.1) is 0 Å². The summed E-state index contributed by atoms with van der Waals surface area (Å²) in [5.41, 5.74) is 7.83. The van der Waals surface area contributed by atoms with Crippen molar-refractivity contribution in [2.75, 3.05) is 23.7 Å². The van der Waals surface area contributed by atoms with Crippen molar-refractivity contribution in [3.8, 4) is 0 Å². The molecule has 0 radical (unpaired) electrons. The zero-order valence-corrected chi connectivity index (χ0v) is 10.5. The highest BCUT2D eigenvalue weighted by atomic mass is 35.5. The van der Waals surface area contributed by atoms with Crippen molar-refractivity contribution in [2.45, 2.75) is 26.2 Å². The van der Waals surface area contributed by atoms with Gasteiger partial charge in [0, 0.05) is 13.1 Å². The van der Waals surface area contributed by atoms with Crippen molar-refractivity contribution in [2.24, 2.45) is 5.92 Å². The maximum absolute atomic E-state index is 6.04. The summed E-state index contributed by atoms with van der Waals surface area (Å²) in [6.07, 6.45) is 3.82. The van der Waals surface area contributed by atoms with Gasteiger partial charge < -0.3 is 10.6 Å². The highest BCUT2D eigenvalue weighted by Crippen LogP contribution is 2.33. The monoisotopic (exact) mass is 238 g/mol. The Morgan fingerprint density at radius 3 is 2.69 bits per heavy atom.